The second kappa shape index (κ2) is 5.86. The molecule has 15 heavy (non-hydrogen) atoms. The fourth-order valence-electron chi connectivity index (χ4n) is 2.38. The van der Waals surface area contributed by atoms with Crippen molar-refractivity contribution in [3.8, 4) is 0 Å². The molecule has 0 radical (unpaired) electrons. The summed E-state index contributed by atoms with van der Waals surface area (Å²) in [6, 6.07) is 0.640. The summed E-state index contributed by atoms with van der Waals surface area (Å²) in [6.07, 6.45) is 6.55. The van der Waals surface area contributed by atoms with Crippen LogP contribution in [-0.2, 0) is 0 Å². The van der Waals surface area contributed by atoms with Gasteiger partial charge in [-0.15, -0.1) is 0 Å². The normalized spacial score (nSPS) is 24.0. The van der Waals surface area contributed by atoms with Crippen molar-refractivity contribution in [1.82, 2.24) is 4.90 Å². The SMILES string of the molecule is CCCCC(CN)N1CCC(C)(C)CC1. The predicted molar refractivity (Wildman–Crippen MR) is 67.0 cm³/mol. The van der Waals surface area contributed by atoms with Crippen molar-refractivity contribution in [3.05, 3.63) is 0 Å². The van der Waals surface area contributed by atoms with Gasteiger partial charge in [0.05, 0.1) is 0 Å². The van der Waals surface area contributed by atoms with Crippen molar-refractivity contribution < 1.29 is 0 Å². The lowest BCUT2D eigenvalue weighted by Gasteiger charge is -2.40. The molecule has 0 aliphatic carbocycles. The highest BCUT2D eigenvalue weighted by Crippen LogP contribution is 2.30. The van der Waals surface area contributed by atoms with Crippen molar-refractivity contribution in [1.29, 1.82) is 0 Å². The van der Waals surface area contributed by atoms with Crippen molar-refractivity contribution in [3.63, 3.8) is 0 Å². The van der Waals surface area contributed by atoms with Gasteiger partial charge in [0.2, 0.25) is 0 Å². The molecule has 0 spiro atoms. The highest BCUT2D eigenvalue weighted by Gasteiger charge is 2.28. The minimum absolute atomic E-state index is 0.556. The van der Waals surface area contributed by atoms with E-state index in [0.29, 0.717) is 11.5 Å². The first-order valence-corrected chi connectivity index (χ1v) is 6.53. The summed E-state index contributed by atoms with van der Waals surface area (Å²) >= 11 is 0. The average Bonchev–Trinajstić information content (AvgIpc) is 2.21. The van der Waals surface area contributed by atoms with Crippen LogP contribution in [0.1, 0.15) is 52.9 Å². The molecule has 0 amide bonds. The summed E-state index contributed by atoms with van der Waals surface area (Å²) in [5.74, 6) is 0. The molecular weight excluding hydrogens is 184 g/mol. The minimum atomic E-state index is 0.556. The van der Waals surface area contributed by atoms with Crippen molar-refractivity contribution in [2.24, 2.45) is 11.1 Å². The number of piperidine rings is 1. The van der Waals surface area contributed by atoms with Gasteiger partial charge in [-0.1, -0.05) is 33.6 Å². The van der Waals surface area contributed by atoms with Gasteiger partial charge in [0, 0.05) is 12.6 Å². The van der Waals surface area contributed by atoms with E-state index in [1.54, 1.807) is 0 Å². The molecule has 0 aromatic rings. The predicted octanol–water partition coefficient (Wildman–Crippen LogP) is 2.63. The number of unbranched alkanes of at least 4 members (excludes halogenated alkanes) is 1. The summed E-state index contributed by atoms with van der Waals surface area (Å²) in [7, 11) is 0. The number of nitrogens with zero attached hydrogens (tertiary/aromatic N) is 1. The zero-order valence-electron chi connectivity index (χ0n) is 10.8. The molecule has 1 unspecified atom stereocenters. The van der Waals surface area contributed by atoms with Crippen LogP contribution in [0.15, 0.2) is 0 Å². The Morgan fingerprint density at radius 2 is 1.87 bits per heavy atom. The maximum Gasteiger partial charge on any atom is 0.0218 e. The monoisotopic (exact) mass is 212 g/mol. The van der Waals surface area contributed by atoms with E-state index in [1.165, 1.54) is 45.2 Å². The molecule has 0 saturated carbocycles. The van der Waals surface area contributed by atoms with Crippen LogP contribution in [0.2, 0.25) is 0 Å². The van der Waals surface area contributed by atoms with Crippen LogP contribution in [0.3, 0.4) is 0 Å². The Labute approximate surface area is 95.2 Å². The number of hydrogen-bond donors (Lipinski definition) is 1. The topological polar surface area (TPSA) is 29.3 Å². The van der Waals surface area contributed by atoms with E-state index in [9.17, 15) is 0 Å². The Kier molecular flexibility index (Phi) is 5.07. The second-order valence-electron chi connectivity index (χ2n) is 5.73. The quantitative estimate of drug-likeness (QED) is 0.759. The van der Waals surface area contributed by atoms with Gasteiger partial charge in [0.1, 0.15) is 0 Å². The molecule has 1 aliphatic heterocycles. The van der Waals surface area contributed by atoms with E-state index in [1.807, 2.05) is 0 Å². The third-order valence-electron chi connectivity index (χ3n) is 3.83. The molecule has 1 rings (SSSR count). The molecule has 1 aliphatic rings. The van der Waals surface area contributed by atoms with Gasteiger partial charge < -0.3 is 5.73 Å². The van der Waals surface area contributed by atoms with Gasteiger partial charge in [0.25, 0.3) is 0 Å². The summed E-state index contributed by atoms with van der Waals surface area (Å²) in [4.78, 5) is 2.61. The zero-order valence-corrected chi connectivity index (χ0v) is 10.8. The summed E-state index contributed by atoms with van der Waals surface area (Å²) in [5.41, 5.74) is 6.43. The highest BCUT2D eigenvalue weighted by atomic mass is 15.2. The molecule has 0 aromatic carbocycles. The van der Waals surface area contributed by atoms with Crippen LogP contribution in [0.5, 0.6) is 0 Å². The molecule has 1 atom stereocenters. The fourth-order valence-corrected chi connectivity index (χ4v) is 2.38. The van der Waals surface area contributed by atoms with Gasteiger partial charge in [-0.25, -0.2) is 0 Å². The summed E-state index contributed by atoms with van der Waals surface area (Å²) in [6.45, 7) is 10.4. The molecular formula is C13H28N2. The third-order valence-corrected chi connectivity index (χ3v) is 3.83. The molecule has 2 N–H and O–H groups in total. The Hall–Kier alpha value is -0.0800. The van der Waals surface area contributed by atoms with E-state index >= 15 is 0 Å². The van der Waals surface area contributed by atoms with E-state index in [-0.39, 0.29) is 0 Å². The molecule has 0 aromatic heterocycles. The Bertz CT molecular complexity index is 167. The highest BCUT2D eigenvalue weighted by molar-refractivity contribution is 4.83. The zero-order chi connectivity index (χ0) is 11.3. The lowest BCUT2D eigenvalue weighted by atomic mass is 9.82. The summed E-state index contributed by atoms with van der Waals surface area (Å²) < 4.78 is 0. The van der Waals surface area contributed by atoms with Gasteiger partial charge in [-0.3, -0.25) is 4.90 Å². The Morgan fingerprint density at radius 1 is 1.27 bits per heavy atom. The first kappa shape index (κ1) is 13.0. The van der Waals surface area contributed by atoms with Gasteiger partial charge in [-0.05, 0) is 37.8 Å². The molecule has 1 heterocycles. The molecule has 1 saturated heterocycles. The first-order chi connectivity index (χ1) is 7.09. The van der Waals surface area contributed by atoms with Crippen LogP contribution in [-0.4, -0.2) is 30.6 Å². The van der Waals surface area contributed by atoms with E-state index < -0.39 is 0 Å². The van der Waals surface area contributed by atoms with Gasteiger partial charge in [0.15, 0.2) is 0 Å². The molecule has 2 heteroatoms. The van der Waals surface area contributed by atoms with Crippen LogP contribution >= 0.6 is 0 Å². The maximum atomic E-state index is 5.87. The van der Waals surface area contributed by atoms with E-state index in [2.05, 4.69) is 25.7 Å². The smallest absolute Gasteiger partial charge is 0.0218 e. The lowest BCUT2D eigenvalue weighted by molar-refractivity contribution is 0.0917. The van der Waals surface area contributed by atoms with Gasteiger partial charge in [-0.2, -0.15) is 0 Å². The summed E-state index contributed by atoms with van der Waals surface area (Å²) in [5, 5.41) is 0. The minimum Gasteiger partial charge on any atom is -0.329 e. The number of likely N-dealkylation sites (tertiary alicyclic amines) is 1. The van der Waals surface area contributed by atoms with Crippen molar-refractivity contribution >= 4 is 0 Å². The Balaban J connectivity index is 2.35. The van der Waals surface area contributed by atoms with Crippen LogP contribution in [0, 0.1) is 5.41 Å². The first-order valence-electron chi connectivity index (χ1n) is 6.53. The maximum absolute atomic E-state index is 5.87. The second-order valence-corrected chi connectivity index (χ2v) is 5.73. The molecule has 2 nitrogen and oxygen atoms in total. The Morgan fingerprint density at radius 3 is 2.33 bits per heavy atom. The fraction of sp³-hybridized carbons (Fsp3) is 1.00. The molecule has 0 bridgehead atoms. The average molecular weight is 212 g/mol. The van der Waals surface area contributed by atoms with Crippen molar-refractivity contribution in [2.75, 3.05) is 19.6 Å². The standard InChI is InChI=1S/C13H28N2/c1-4-5-6-12(11-14)15-9-7-13(2,3)8-10-15/h12H,4-11,14H2,1-3H3. The largest absolute Gasteiger partial charge is 0.329 e. The van der Waals surface area contributed by atoms with Crippen molar-refractivity contribution in [2.45, 2.75) is 58.9 Å². The number of hydrogen-bond acceptors (Lipinski definition) is 2. The van der Waals surface area contributed by atoms with Gasteiger partial charge >= 0.3 is 0 Å². The van der Waals surface area contributed by atoms with Crippen LogP contribution in [0.4, 0.5) is 0 Å². The van der Waals surface area contributed by atoms with Crippen LogP contribution in [0.25, 0.3) is 0 Å². The number of rotatable bonds is 5. The third kappa shape index (κ3) is 4.12. The lowest BCUT2D eigenvalue weighted by Crippen LogP contribution is -2.46. The van der Waals surface area contributed by atoms with Crippen LogP contribution < -0.4 is 5.73 Å². The van der Waals surface area contributed by atoms with E-state index in [0.717, 1.165) is 6.54 Å². The molecule has 90 valence electrons. The molecule has 1 fully saturated rings. The number of nitrogens with two attached hydrogens (primary N) is 1. The van der Waals surface area contributed by atoms with E-state index in [4.69, 9.17) is 5.73 Å².